The van der Waals surface area contributed by atoms with Crippen LogP contribution in [0.1, 0.15) is 24.5 Å². The molecule has 164 valence electrons. The highest BCUT2D eigenvalue weighted by atomic mass is 32.2. The smallest absolute Gasteiger partial charge is 0.241 e. The number of para-hydroxylation sites is 1. The van der Waals surface area contributed by atoms with E-state index < -0.39 is 0 Å². The Balaban J connectivity index is 1.32. The van der Waals surface area contributed by atoms with Gasteiger partial charge in [-0.15, -0.1) is 11.8 Å². The van der Waals surface area contributed by atoms with Gasteiger partial charge in [0.15, 0.2) is 0 Å². The molecule has 2 heterocycles. The lowest BCUT2D eigenvalue weighted by Crippen LogP contribution is -2.52. The van der Waals surface area contributed by atoms with E-state index in [2.05, 4.69) is 24.0 Å². The number of thioether (sulfide) groups is 1. The maximum atomic E-state index is 13.2. The largest absolute Gasteiger partial charge is 0.340 e. The van der Waals surface area contributed by atoms with Gasteiger partial charge >= 0.3 is 0 Å². The number of nitrogens with zero attached hydrogens (tertiary/aromatic N) is 3. The molecule has 2 aromatic rings. The molecule has 0 aliphatic carbocycles. The molecule has 2 aliphatic rings. The van der Waals surface area contributed by atoms with Crippen LogP contribution >= 0.6 is 11.8 Å². The van der Waals surface area contributed by atoms with Crippen LogP contribution in [0.15, 0.2) is 53.4 Å². The lowest BCUT2D eigenvalue weighted by atomic mass is 10.1. The van der Waals surface area contributed by atoms with Crippen molar-refractivity contribution in [3.05, 3.63) is 59.7 Å². The molecule has 31 heavy (non-hydrogen) atoms. The molecule has 0 N–H and O–H groups in total. The van der Waals surface area contributed by atoms with Gasteiger partial charge in [-0.2, -0.15) is 0 Å². The molecule has 2 amide bonds. The van der Waals surface area contributed by atoms with Crippen molar-refractivity contribution in [2.75, 3.05) is 44.2 Å². The van der Waals surface area contributed by atoms with Crippen LogP contribution in [0, 0.1) is 6.92 Å². The van der Waals surface area contributed by atoms with E-state index >= 15 is 0 Å². The van der Waals surface area contributed by atoms with Crippen LogP contribution in [-0.2, 0) is 16.0 Å². The number of benzene rings is 2. The fraction of sp³-hybridized carbons (Fsp3) is 0.440. The number of aryl methyl sites for hydroxylation is 1. The standard InChI is InChI=1S/C25H31N3O2S/c1-19-7-3-4-8-21(19)17-24(29)27-15-13-26(14-16-27)18-25(30)28-12-11-20(2)31-23-10-6-5-9-22(23)28/h3-10,20H,11-18H2,1-2H3. The van der Waals surface area contributed by atoms with Crippen molar-refractivity contribution in [3.8, 4) is 0 Å². The first kappa shape index (κ1) is 21.9. The summed E-state index contributed by atoms with van der Waals surface area (Å²) in [7, 11) is 0. The molecule has 4 rings (SSSR count). The SMILES string of the molecule is Cc1ccccc1CC(=O)N1CCN(CC(=O)N2CCC(C)Sc3ccccc32)CC1. The maximum absolute atomic E-state index is 13.2. The molecular formula is C25H31N3O2S. The number of anilines is 1. The summed E-state index contributed by atoms with van der Waals surface area (Å²) in [4.78, 5) is 33.2. The third-order valence-electron chi connectivity index (χ3n) is 6.23. The monoisotopic (exact) mass is 437 g/mol. The number of carbonyl (C=O) groups excluding carboxylic acids is 2. The summed E-state index contributed by atoms with van der Waals surface area (Å²) < 4.78 is 0. The second-order valence-corrected chi connectivity index (χ2v) is 9.97. The molecule has 2 aliphatic heterocycles. The molecule has 0 aromatic heterocycles. The molecule has 0 bridgehead atoms. The van der Waals surface area contributed by atoms with E-state index in [0.717, 1.165) is 42.9 Å². The number of hydrogen-bond donors (Lipinski definition) is 0. The summed E-state index contributed by atoms with van der Waals surface area (Å²) in [5.41, 5.74) is 3.29. The summed E-state index contributed by atoms with van der Waals surface area (Å²) in [5.74, 6) is 0.328. The van der Waals surface area contributed by atoms with Crippen molar-refractivity contribution in [1.82, 2.24) is 9.80 Å². The first-order valence-electron chi connectivity index (χ1n) is 11.1. The third-order valence-corrected chi connectivity index (χ3v) is 7.47. The number of fused-ring (bicyclic) bond motifs is 1. The highest BCUT2D eigenvalue weighted by Gasteiger charge is 2.27. The molecular weight excluding hydrogens is 406 g/mol. The average molecular weight is 438 g/mol. The zero-order valence-corrected chi connectivity index (χ0v) is 19.2. The highest BCUT2D eigenvalue weighted by Crippen LogP contribution is 2.37. The number of rotatable bonds is 4. The van der Waals surface area contributed by atoms with Crippen LogP contribution in [-0.4, -0.2) is 66.1 Å². The Labute approximate surface area is 189 Å². The minimum absolute atomic E-state index is 0.154. The van der Waals surface area contributed by atoms with Crippen molar-refractivity contribution in [2.24, 2.45) is 0 Å². The molecule has 0 saturated carbocycles. The topological polar surface area (TPSA) is 43.9 Å². The van der Waals surface area contributed by atoms with Crippen LogP contribution in [0.25, 0.3) is 0 Å². The molecule has 1 atom stereocenters. The summed E-state index contributed by atoms with van der Waals surface area (Å²) in [6.45, 7) is 8.29. The Morgan fingerprint density at radius 3 is 2.42 bits per heavy atom. The molecule has 2 aromatic carbocycles. The van der Waals surface area contributed by atoms with Crippen LogP contribution in [0.4, 0.5) is 5.69 Å². The van der Waals surface area contributed by atoms with E-state index in [4.69, 9.17) is 0 Å². The Hall–Kier alpha value is -2.31. The van der Waals surface area contributed by atoms with E-state index in [-0.39, 0.29) is 11.8 Å². The fourth-order valence-electron chi connectivity index (χ4n) is 4.26. The van der Waals surface area contributed by atoms with Crippen LogP contribution < -0.4 is 4.90 Å². The summed E-state index contributed by atoms with van der Waals surface area (Å²) in [5, 5.41) is 0.502. The Bertz CT molecular complexity index is 940. The Morgan fingerprint density at radius 1 is 0.935 bits per heavy atom. The second kappa shape index (κ2) is 9.88. The van der Waals surface area contributed by atoms with Crippen LogP contribution in [0.5, 0.6) is 0 Å². The second-order valence-electron chi connectivity index (χ2n) is 8.49. The Morgan fingerprint density at radius 2 is 1.65 bits per heavy atom. The third kappa shape index (κ3) is 5.31. The van der Waals surface area contributed by atoms with Gasteiger partial charge in [0.25, 0.3) is 0 Å². The minimum Gasteiger partial charge on any atom is -0.340 e. The van der Waals surface area contributed by atoms with E-state index in [0.29, 0.717) is 31.3 Å². The van der Waals surface area contributed by atoms with Crippen LogP contribution in [0.2, 0.25) is 0 Å². The first-order chi connectivity index (χ1) is 15.0. The van der Waals surface area contributed by atoms with Gasteiger partial charge in [-0.3, -0.25) is 14.5 Å². The first-order valence-corrected chi connectivity index (χ1v) is 12.0. The van der Waals surface area contributed by atoms with E-state index in [9.17, 15) is 9.59 Å². The molecule has 0 spiro atoms. The fourth-order valence-corrected chi connectivity index (χ4v) is 5.37. The van der Waals surface area contributed by atoms with Gasteiger partial charge in [-0.25, -0.2) is 0 Å². The van der Waals surface area contributed by atoms with E-state index in [1.54, 1.807) is 0 Å². The van der Waals surface area contributed by atoms with Crippen LogP contribution in [0.3, 0.4) is 0 Å². The zero-order valence-electron chi connectivity index (χ0n) is 18.4. The highest BCUT2D eigenvalue weighted by molar-refractivity contribution is 8.00. The van der Waals surface area contributed by atoms with Gasteiger partial charge in [0.1, 0.15) is 0 Å². The molecule has 5 nitrogen and oxygen atoms in total. The predicted octanol–water partition coefficient (Wildman–Crippen LogP) is 3.60. The minimum atomic E-state index is 0.154. The number of hydrogen-bond acceptors (Lipinski definition) is 4. The van der Waals surface area contributed by atoms with Crippen molar-refractivity contribution in [3.63, 3.8) is 0 Å². The number of piperazine rings is 1. The van der Waals surface area contributed by atoms with Gasteiger partial charge in [0.05, 0.1) is 18.7 Å². The lowest BCUT2D eigenvalue weighted by molar-refractivity contribution is -0.132. The number of carbonyl (C=O) groups is 2. The van der Waals surface area contributed by atoms with Gasteiger partial charge in [0.2, 0.25) is 11.8 Å². The van der Waals surface area contributed by atoms with Crippen molar-refractivity contribution in [2.45, 2.75) is 36.8 Å². The van der Waals surface area contributed by atoms with Crippen molar-refractivity contribution in [1.29, 1.82) is 0 Å². The Kier molecular flexibility index (Phi) is 6.98. The van der Waals surface area contributed by atoms with Gasteiger partial charge in [-0.05, 0) is 36.6 Å². The molecule has 1 unspecified atom stereocenters. The molecule has 1 saturated heterocycles. The molecule has 6 heteroatoms. The summed E-state index contributed by atoms with van der Waals surface area (Å²) in [6, 6.07) is 16.3. The zero-order chi connectivity index (χ0) is 21.8. The van der Waals surface area contributed by atoms with Crippen molar-refractivity contribution < 1.29 is 9.59 Å². The van der Waals surface area contributed by atoms with Crippen molar-refractivity contribution >= 4 is 29.3 Å². The average Bonchev–Trinajstić information content (AvgIpc) is 2.94. The molecule has 1 fully saturated rings. The van der Waals surface area contributed by atoms with Gasteiger partial charge < -0.3 is 9.80 Å². The molecule has 0 radical (unpaired) electrons. The quantitative estimate of drug-likeness (QED) is 0.733. The van der Waals surface area contributed by atoms with Gasteiger partial charge in [0, 0.05) is 42.9 Å². The predicted molar refractivity (Wildman–Crippen MR) is 127 cm³/mol. The van der Waals surface area contributed by atoms with E-state index in [1.807, 2.05) is 64.9 Å². The van der Waals surface area contributed by atoms with Gasteiger partial charge in [-0.1, -0.05) is 43.3 Å². The summed E-state index contributed by atoms with van der Waals surface area (Å²) >= 11 is 1.85. The maximum Gasteiger partial charge on any atom is 0.241 e. The normalized spacial score (nSPS) is 19.6. The number of amides is 2. The van der Waals surface area contributed by atoms with E-state index in [1.165, 1.54) is 4.90 Å². The lowest BCUT2D eigenvalue weighted by Gasteiger charge is -2.35. The summed E-state index contributed by atoms with van der Waals surface area (Å²) in [6.07, 6.45) is 1.44.